The van der Waals surface area contributed by atoms with Crippen molar-refractivity contribution in [2.75, 3.05) is 6.61 Å². The van der Waals surface area contributed by atoms with Crippen LogP contribution in [-0.2, 0) is 4.79 Å². The number of amides is 1. The van der Waals surface area contributed by atoms with Gasteiger partial charge in [-0.2, -0.15) is 0 Å². The molecule has 0 fully saturated rings. The Hall–Kier alpha value is -0.870. The summed E-state index contributed by atoms with van der Waals surface area (Å²) in [7, 11) is 0. The van der Waals surface area contributed by atoms with E-state index in [1.54, 1.807) is 0 Å². The fourth-order valence-corrected chi connectivity index (χ4v) is 7.42. The molecule has 4 nitrogen and oxygen atoms in total. The van der Waals surface area contributed by atoms with E-state index in [0.29, 0.717) is 12.8 Å². The highest BCUT2D eigenvalue weighted by molar-refractivity contribution is 5.76. The van der Waals surface area contributed by atoms with E-state index in [1.807, 2.05) is 0 Å². The first-order valence-electron chi connectivity index (χ1n) is 23.4. The summed E-state index contributed by atoms with van der Waals surface area (Å²) >= 11 is 0. The molecule has 4 heteroatoms. The molecule has 0 aliphatic heterocycles. The highest BCUT2D eigenvalue weighted by Crippen LogP contribution is 2.17. The molecule has 0 saturated heterocycles. The smallest absolute Gasteiger partial charge is 0.220 e. The molecule has 51 heavy (non-hydrogen) atoms. The Morgan fingerprint density at radius 3 is 1.10 bits per heavy atom. The summed E-state index contributed by atoms with van der Waals surface area (Å²) in [5, 5.41) is 23.2. The number of hydrogen-bond donors (Lipinski definition) is 3. The number of nitrogens with one attached hydrogen (secondary N) is 1. The van der Waals surface area contributed by atoms with Gasteiger partial charge in [0.15, 0.2) is 0 Å². The summed E-state index contributed by atoms with van der Waals surface area (Å²) in [6, 6.07) is -0.537. The largest absolute Gasteiger partial charge is 0.394 e. The Morgan fingerprint density at radius 1 is 0.451 bits per heavy atom. The minimum atomic E-state index is -0.659. The van der Waals surface area contributed by atoms with Crippen LogP contribution >= 0.6 is 0 Å². The second kappa shape index (κ2) is 43.5. The van der Waals surface area contributed by atoms with Crippen LogP contribution in [0.2, 0.25) is 0 Å². The summed E-state index contributed by atoms with van der Waals surface area (Å²) in [6.45, 7) is 4.36. The quantitative estimate of drug-likeness (QED) is 0.0434. The lowest BCUT2D eigenvalue weighted by molar-refractivity contribution is -0.123. The van der Waals surface area contributed by atoms with E-state index in [-0.39, 0.29) is 12.5 Å². The third kappa shape index (κ3) is 40.2. The summed E-state index contributed by atoms with van der Waals surface area (Å²) in [5.41, 5.74) is 0. The highest BCUT2D eigenvalue weighted by Gasteiger charge is 2.20. The summed E-state index contributed by atoms with van der Waals surface area (Å²) in [6.07, 6.45) is 54.5. The SMILES string of the molecule is CCCCCC/C=C\CCCCCCCC(=O)NC(CO)C(O)CCCCCCCCCCCCCCCCCCCCCCCCCCCC. The van der Waals surface area contributed by atoms with Gasteiger partial charge in [-0.1, -0.05) is 231 Å². The van der Waals surface area contributed by atoms with Gasteiger partial charge in [0, 0.05) is 6.42 Å². The van der Waals surface area contributed by atoms with Crippen molar-refractivity contribution in [1.29, 1.82) is 0 Å². The van der Waals surface area contributed by atoms with Crippen molar-refractivity contribution in [3.63, 3.8) is 0 Å². The minimum absolute atomic E-state index is 0.0378. The average Bonchev–Trinajstić information content (AvgIpc) is 3.13. The van der Waals surface area contributed by atoms with Crippen molar-refractivity contribution < 1.29 is 15.0 Å². The number of rotatable bonds is 43. The Kier molecular flexibility index (Phi) is 42.8. The van der Waals surface area contributed by atoms with Crippen molar-refractivity contribution in [2.45, 2.75) is 276 Å². The zero-order valence-corrected chi connectivity index (χ0v) is 34.9. The second-order valence-electron chi connectivity index (χ2n) is 16.2. The molecular formula is C47H93NO3. The molecule has 1 amide bonds. The fourth-order valence-electron chi connectivity index (χ4n) is 7.42. The molecule has 304 valence electrons. The first-order chi connectivity index (χ1) is 25.2. The van der Waals surface area contributed by atoms with Gasteiger partial charge in [-0.3, -0.25) is 4.79 Å². The molecule has 0 aliphatic rings. The maximum Gasteiger partial charge on any atom is 0.220 e. The zero-order chi connectivity index (χ0) is 37.1. The van der Waals surface area contributed by atoms with E-state index in [0.717, 1.165) is 25.7 Å². The van der Waals surface area contributed by atoms with E-state index in [9.17, 15) is 15.0 Å². The number of unbranched alkanes of at least 4 members (excludes halogenated alkanes) is 34. The van der Waals surface area contributed by atoms with Crippen LogP contribution in [0.25, 0.3) is 0 Å². The Morgan fingerprint density at radius 2 is 0.745 bits per heavy atom. The van der Waals surface area contributed by atoms with Gasteiger partial charge in [0.25, 0.3) is 0 Å². The number of aliphatic hydroxyl groups excluding tert-OH is 2. The van der Waals surface area contributed by atoms with Crippen LogP contribution in [0.15, 0.2) is 12.2 Å². The summed E-state index contributed by atoms with van der Waals surface area (Å²) in [4.78, 5) is 12.4. The Labute approximate surface area is 320 Å². The van der Waals surface area contributed by atoms with Gasteiger partial charge in [-0.25, -0.2) is 0 Å². The van der Waals surface area contributed by atoms with Crippen molar-refractivity contribution in [1.82, 2.24) is 5.32 Å². The Bertz CT molecular complexity index is 695. The van der Waals surface area contributed by atoms with Crippen LogP contribution in [0.4, 0.5) is 0 Å². The fraction of sp³-hybridized carbons (Fsp3) is 0.936. The minimum Gasteiger partial charge on any atom is -0.394 e. The molecule has 0 aromatic carbocycles. The van der Waals surface area contributed by atoms with Gasteiger partial charge >= 0.3 is 0 Å². The molecule has 0 bridgehead atoms. The number of hydrogen-bond acceptors (Lipinski definition) is 3. The Balaban J connectivity index is 3.43. The highest BCUT2D eigenvalue weighted by atomic mass is 16.3. The van der Waals surface area contributed by atoms with Gasteiger partial charge in [0.05, 0.1) is 18.8 Å². The number of carbonyl (C=O) groups is 1. The van der Waals surface area contributed by atoms with Gasteiger partial charge in [-0.05, 0) is 38.5 Å². The normalized spacial score (nSPS) is 12.9. The maximum atomic E-state index is 12.4. The van der Waals surface area contributed by atoms with E-state index < -0.39 is 12.1 Å². The molecule has 0 aliphatic carbocycles. The van der Waals surface area contributed by atoms with Crippen LogP contribution in [0.1, 0.15) is 264 Å². The lowest BCUT2D eigenvalue weighted by Gasteiger charge is -2.22. The second-order valence-corrected chi connectivity index (χ2v) is 16.2. The molecule has 3 N–H and O–H groups in total. The molecule has 2 unspecified atom stereocenters. The van der Waals surface area contributed by atoms with Crippen molar-refractivity contribution in [2.24, 2.45) is 0 Å². The monoisotopic (exact) mass is 720 g/mol. The van der Waals surface area contributed by atoms with E-state index in [1.165, 1.54) is 212 Å². The first-order valence-corrected chi connectivity index (χ1v) is 23.4. The first kappa shape index (κ1) is 50.1. The molecule has 0 aromatic rings. The van der Waals surface area contributed by atoms with Gasteiger partial charge in [0.2, 0.25) is 5.91 Å². The summed E-state index contributed by atoms with van der Waals surface area (Å²) in [5.74, 6) is -0.0378. The molecule has 0 aromatic heterocycles. The molecule has 0 spiro atoms. The molecular weight excluding hydrogens is 627 g/mol. The standard InChI is InChI=1S/C47H93NO3/c1-3-5-7-9-11-13-15-17-18-19-20-21-22-23-24-25-26-27-28-29-31-32-34-36-38-40-42-46(50)45(44-49)48-47(51)43-41-39-37-35-33-30-16-14-12-10-8-6-4-2/h14,16,45-46,49-50H,3-13,15,17-44H2,1-2H3,(H,48,51)/b16-14-. The molecule has 0 saturated carbocycles. The lowest BCUT2D eigenvalue weighted by Crippen LogP contribution is -2.45. The van der Waals surface area contributed by atoms with Gasteiger partial charge < -0.3 is 15.5 Å². The third-order valence-electron chi connectivity index (χ3n) is 11.0. The van der Waals surface area contributed by atoms with Crippen LogP contribution in [0, 0.1) is 0 Å². The predicted octanol–water partition coefficient (Wildman–Crippen LogP) is 14.6. The third-order valence-corrected chi connectivity index (χ3v) is 11.0. The topological polar surface area (TPSA) is 69.6 Å². The number of aliphatic hydroxyl groups is 2. The van der Waals surface area contributed by atoms with Crippen LogP contribution < -0.4 is 5.32 Å². The van der Waals surface area contributed by atoms with Gasteiger partial charge in [0.1, 0.15) is 0 Å². The van der Waals surface area contributed by atoms with Crippen molar-refractivity contribution >= 4 is 5.91 Å². The predicted molar refractivity (Wildman–Crippen MR) is 226 cm³/mol. The zero-order valence-electron chi connectivity index (χ0n) is 34.9. The van der Waals surface area contributed by atoms with Crippen molar-refractivity contribution in [3.05, 3.63) is 12.2 Å². The van der Waals surface area contributed by atoms with E-state index in [2.05, 4.69) is 31.3 Å². The molecule has 0 heterocycles. The van der Waals surface area contributed by atoms with Crippen LogP contribution in [0.3, 0.4) is 0 Å². The van der Waals surface area contributed by atoms with Crippen LogP contribution in [-0.4, -0.2) is 34.9 Å². The van der Waals surface area contributed by atoms with Crippen molar-refractivity contribution in [3.8, 4) is 0 Å². The number of allylic oxidation sites excluding steroid dienone is 2. The maximum absolute atomic E-state index is 12.4. The van der Waals surface area contributed by atoms with Gasteiger partial charge in [-0.15, -0.1) is 0 Å². The molecule has 0 rings (SSSR count). The average molecular weight is 720 g/mol. The molecule has 2 atom stereocenters. The van der Waals surface area contributed by atoms with Crippen LogP contribution in [0.5, 0.6) is 0 Å². The molecule has 0 radical (unpaired) electrons. The van der Waals surface area contributed by atoms with E-state index >= 15 is 0 Å². The number of carbonyl (C=O) groups excluding carboxylic acids is 1. The summed E-state index contributed by atoms with van der Waals surface area (Å²) < 4.78 is 0. The lowest BCUT2D eigenvalue weighted by atomic mass is 10.0. The van der Waals surface area contributed by atoms with E-state index in [4.69, 9.17) is 0 Å².